The van der Waals surface area contributed by atoms with Gasteiger partial charge in [-0.2, -0.15) is 5.10 Å². The van der Waals surface area contributed by atoms with E-state index in [0.29, 0.717) is 18.7 Å². The fraction of sp³-hybridized carbons (Fsp3) is 0.519. The van der Waals surface area contributed by atoms with Crippen LogP contribution in [0, 0.1) is 13.8 Å². The Hall–Kier alpha value is -2.89. The highest BCUT2D eigenvalue weighted by atomic mass is 16.7. The van der Waals surface area contributed by atoms with E-state index in [2.05, 4.69) is 55.1 Å². The quantitative estimate of drug-likeness (QED) is 0.199. The zero-order valence-electron chi connectivity index (χ0n) is 21.7. The lowest BCUT2D eigenvalue weighted by Gasteiger charge is -2.22. The topological polar surface area (TPSA) is 65.7 Å². The van der Waals surface area contributed by atoms with Gasteiger partial charge in [0.15, 0.2) is 5.76 Å². The van der Waals surface area contributed by atoms with Crippen molar-refractivity contribution >= 4 is 23.5 Å². The van der Waals surface area contributed by atoms with E-state index in [1.54, 1.807) is 20.2 Å². The summed E-state index contributed by atoms with van der Waals surface area (Å²) in [4.78, 5) is 16.4. The Labute approximate surface area is 198 Å². The largest absolute Gasteiger partial charge is 0.452 e. The highest BCUT2D eigenvalue weighted by molar-refractivity contribution is 6.18. The molecule has 0 N–H and O–H groups in total. The summed E-state index contributed by atoms with van der Waals surface area (Å²) < 4.78 is 13.8. The van der Waals surface area contributed by atoms with Crippen LogP contribution in [0.1, 0.15) is 82.5 Å². The minimum atomic E-state index is -0.756. The summed E-state index contributed by atoms with van der Waals surface area (Å²) >= 11 is 0. The van der Waals surface area contributed by atoms with Gasteiger partial charge in [-0.1, -0.05) is 52.0 Å². The number of carbonyl (C=O) groups is 1. The van der Waals surface area contributed by atoms with Crippen molar-refractivity contribution in [2.24, 2.45) is 4.99 Å². The molecule has 2 aromatic rings. The Morgan fingerprint density at radius 2 is 1.79 bits per heavy atom. The minimum Gasteiger partial charge on any atom is -0.452 e. The van der Waals surface area contributed by atoms with Crippen LogP contribution < -0.4 is 0 Å². The number of aryl methyl sites for hydroxylation is 2. The van der Waals surface area contributed by atoms with Crippen molar-refractivity contribution in [3.63, 3.8) is 0 Å². The number of benzene rings is 1. The summed E-state index contributed by atoms with van der Waals surface area (Å²) in [5.74, 6) is 0.322. The maximum Gasteiger partial charge on any atom is 0.308 e. The summed E-state index contributed by atoms with van der Waals surface area (Å²) in [6, 6.07) is 8.44. The molecule has 6 heteroatoms. The molecule has 0 aliphatic carbocycles. The smallest absolute Gasteiger partial charge is 0.308 e. The summed E-state index contributed by atoms with van der Waals surface area (Å²) in [6.45, 7) is 17.0. The molecule has 2 rings (SSSR count). The van der Waals surface area contributed by atoms with Crippen molar-refractivity contribution < 1.29 is 14.3 Å². The van der Waals surface area contributed by atoms with E-state index in [1.807, 2.05) is 32.4 Å². The molecule has 0 aliphatic rings. The van der Waals surface area contributed by atoms with Gasteiger partial charge in [0.05, 0.1) is 5.69 Å². The zero-order valence-corrected chi connectivity index (χ0v) is 21.7. The van der Waals surface area contributed by atoms with Gasteiger partial charge >= 0.3 is 5.97 Å². The fourth-order valence-corrected chi connectivity index (χ4v) is 3.62. The third-order valence-corrected chi connectivity index (χ3v) is 5.54. The molecule has 1 heterocycles. The third-order valence-electron chi connectivity index (χ3n) is 5.54. The van der Waals surface area contributed by atoms with Gasteiger partial charge < -0.3 is 9.47 Å². The predicted molar refractivity (Wildman–Crippen MR) is 135 cm³/mol. The second-order valence-corrected chi connectivity index (χ2v) is 9.26. The average Bonchev–Trinajstić information content (AvgIpc) is 3.04. The number of hydrogen-bond acceptors (Lipinski definition) is 5. The number of aliphatic imine (C=N–C) groups is 1. The second-order valence-electron chi connectivity index (χ2n) is 9.26. The van der Waals surface area contributed by atoms with E-state index in [-0.39, 0.29) is 11.4 Å². The minimum absolute atomic E-state index is 0.0527. The molecule has 0 amide bonds. The van der Waals surface area contributed by atoms with Gasteiger partial charge in [0, 0.05) is 44.3 Å². The molecule has 0 radical (unpaired) electrons. The molecule has 0 spiro atoms. The molecule has 1 atom stereocenters. The average molecular weight is 454 g/mol. The van der Waals surface area contributed by atoms with Gasteiger partial charge in [-0.3, -0.25) is 14.5 Å². The maximum atomic E-state index is 12.1. The highest BCUT2D eigenvalue weighted by Crippen LogP contribution is 2.32. The van der Waals surface area contributed by atoms with Crippen LogP contribution in [-0.2, 0) is 26.2 Å². The van der Waals surface area contributed by atoms with Gasteiger partial charge in [-0.15, -0.1) is 0 Å². The molecule has 33 heavy (non-hydrogen) atoms. The number of esters is 1. The summed E-state index contributed by atoms with van der Waals surface area (Å²) in [5.41, 5.74) is 5.89. The van der Waals surface area contributed by atoms with E-state index >= 15 is 0 Å². The SMILES string of the molecule is CCCC(=O)OC(C)O/C(=C(/C=N\C)c1ccc(C(C)(C)C)cc1)c1c(C)c(C)nn1CC. The summed E-state index contributed by atoms with van der Waals surface area (Å²) in [7, 11) is 1.74. The fourth-order valence-electron chi connectivity index (χ4n) is 3.62. The Balaban J connectivity index is 2.69. The van der Waals surface area contributed by atoms with Crippen LogP contribution in [0.3, 0.4) is 0 Å². The Kier molecular flexibility index (Phi) is 9.03. The van der Waals surface area contributed by atoms with Crippen LogP contribution in [-0.4, -0.2) is 35.3 Å². The van der Waals surface area contributed by atoms with Crippen molar-refractivity contribution in [3.05, 3.63) is 52.3 Å². The van der Waals surface area contributed by atoms with Crippen molar-refractivity contribution in [2.45, 2.75) is 86.5 Å². The van der Waals surface area contributed by atoms with E-state index in [9.17, 15) is 4.79 Å². The first-order valence-corrected chi connectivity index (χ1v) is 11.7. The number of nitrogens with zero attached hydrogens (tertiary/aromatic N) is 3. The standard InChI is InChI=1S/C27H39N3O3/c1-10-12-24(31)32-20(5)33-26(25-18(3)19(4)29-30(25)11-2)23(17-28-9)21-13-15-22(16-14-21)27(6,7)8/h13-17,20H,10-12H2,1-9H3/b26-23-,28-17-. The zero-order chi connectivity index (χ0) is 24.8. The maximum absolute atomic E-state index is 12.1. The highest BCUT2D eigenvalue weighted by Gasteiger charge is 2.24. The van der Waals surface area contributed by atoms with E-state index in [4.69, 9.17) is 9.47 Å². The molecule has 1 aromatic carbocycles. The second kappa shape index (κ2) is 11.3. The van der Waals surface area contributed by atoms with Gasteiger partial charge in [-0.05, 0) is 43.7 Å². The Bertz CT molecular complexity index is 1010. The molecule has 0 bridgehead atoms. The molecule has 6 nitrogen and oxygen atoms in total. The number of hydrogen-bond donors (Lipinski definition) is 0. The van der Waals surface area contributed by atoms with Crippen molar-refractivity contribution in [1.82, 2.24) is 9.78 Å². The molecule has 0 saturated heterocycles. The lowest BCUT2D eigenvalue weighted by atomic mass is 9.86. The van der Waals surface area contributed by atoms with Crippen molar-refractivity contribution in [2.75, 3.05) is 7.05 Å². The summed E-state index contributed by atoms with van der Waals surface area (Å²) in [5, 5.41) is 4.68. The summed E-state index contributed by atoms with van der Waals surface area (Å²) in [6.07, 6.45) is 2.12. The number of carbonyl (C=O) groups excluding carboxylic acids is 1. The van der Waals surface area contributed by atoms with Crippen LogP contribution in [0.2, 0.25) is 0 Å². The third kappa shape index (κ3) is 6.56. The number of aromatic nitrogens is 2. The van der Waals surface area contributed by atoms with E-state index < -0.39 is 6.29 Å². The molecule has 0 saturated carbocycles. The van der Waals surface area contributed by atoms with Crippen LogP contribution in [0.4, 0.5) is 0 Å². The van der Waals surface area contributed by atoms with Crippen LogP contribution in [0.15, 0.2) is 29.3 Å². The Morgan fingerprint density at radius 3 is 2.30 bits per heavy atom. The monoisotopic (exact) mass is 453 g/mol. The molecule has 180 valence electrons. The van der Waals surface area contributed by atoms with Gasteiger partial charge in [-0.25, -0.2) is 0 Å². The first-order valence-electron chi connectivity index (χ1n) is 11.7. The van der Waals surface area contributed by atoms with E-state index in [0.717, 1.165) is 34.5 Å². The van der Waals surface area contributed by atoms with Gasteiger partial charge in [0.25, 0.3) is 0 Å². The Morgan fingerprint density at radius 1 is 1.15 bits per heavy atom. The van der Waals surface area contributed by atoms with Gasteiger partial charge in [0.2, 0.25) is 6.29 Å². The molecular weight excluding hydrogens is 414 g/mol. The van der Waals surface area contributed by atoms with Crippen LogP contribution >= 0.6 is 0 Å². The molecular formula is C27H39N3O3. The molecule has 1 unspecified atom stereocenters. The van der Waals surface area contributed by atoms with E-state index in [1.165, 1.54) is 5.56 Å². The lowest BCUT2D eigenvalue weighted by molar-refractivity contribution is -0.164. The first kappa shape index (κ1) is 26.4. The number of ether oxygens (including phenoxy) is 2. The number of rotatable bonds is 9. The van der Waals surface area contributed by atoms with Crippen LogP contribution in [0.25, 0.3) is 11.3 Å². The number of allylic oxidation sites excluding steroid dienone is 1. The first-order chi connectivity index (χ1) is 15.5. The van der Waals surface area contributed by atoms with Gasteiger partial charge in [0.1, 0.15) is 5.69 Å². The lowest BCUT2D eigenvalue weighted by Crippen LogP contribution is -2.19. The normalized spacial score (nSPS) is 13.7. The van der Waals surface area contributed by atoms with Crippen molar-refractivity contribution in [3.8, 4) is 0 Å². The predicted octanol–water partition coefficient (Wildman–Crippen LogP) is 6.09. The molecule has 1 aromatic heterocycles. The van der Waals surface area contributed by atoms with Crippen molar-refractivity contribution in [1.29, 1.82) is 0 Å². The molecule has 0 aliphatic heterocycles. The molecule has 0 fully saturated rings. The van der Waals surface area contributed by atoms with Crippen LogP contribution in [0.5, 0.6) is 0 Å².